The number of Topliss-reactive ketones (excluding diaryl/α,β-unsaturated/α-hetero) is 1. The second-order valence-electron chi connectivity index (χ2n) is 6.24. The van der Waals surface area contributed by atoms with Crippen LogP contribution in [0.5, 0.6) is 5.75 Å². The van der Waals surface area contributed by atoms with Gasteiger partial charge in [0.15, 0.2) is 11.3 Å². The highest BCUT2D eigenvalue weighted by Gasteiger charge is 2.18. The summed E-state index contributed by atoms with van der Waals surface area (Å²) in [5.74, 6) is 0.505. The van der Waals surface area contributed by atoms with Crippen molar-refractivity contribution >= 4 is 27.3 Å². The fraction of sp³-hybridized carbons (Fsp3) is 0.143. The van der Waals surface area contributed by atoms with E-state index < -0.39 is 0 Å². The van der Waals surface area contributed by atoms with E-state index >= 15 is 0 Å². The van der Waals surface area contributed by atoms with Gasteiger partial charge in [0, 0.05) is 11.1 Å². The molecule has 0 aliphatic heterocycles. The SMILES string of the molecule is COc1cccc(-c2nn(CC(=O)c3ccccc3)c(=O)c3nc(C)sc23)c1. The van der Waals surface area contributed by atoms with Crippen molar-refractivity contribution in [1.82, 2.24) is 14.8 Å². The van der Waals surface area contributed by atoms with Crippen molar-refractivity contribution in [1.29, 1.82) is 0 Å². The van der Waals surface area contributed by atoms with Crippen LogP contribution in [-0.2, 0) is 6.54 Å². The lowest BCUT2D eigenvalue weighted by Crippen LogP contribution is -2.27. The molecule has 0 saturated carbocycles. The molecule has 2 aromatic carbocycles. The second-order valence-corrected chi connectivity index (χ2v) is 7.45. The molecule has 2 aromatic heterocycles. The predicted octanol–water partition coefficient (Wildman–Crippen LogP) is 3.72. The Morgan fingerprint density at radius 3 is 2.68 bits per heavy atom. The zero-order valence-electron chi connectivity index (χ0n) is 15.4. The van der Waals surface area contributed by atoms with Gasteiger partial charge in [0.05, 0.1) is 16.8 Å². The van der Waals surface area contributed by atoms with E-state index in [1.54, 1.807) is 31.4 Å². The van der Waals surface area contributed by atoms with Gasteiger partial charge in [-0.1, -0.05) is 42.5 Å². The average Bonchev–Trinajstić information content (AvgIpc) is 3.12. The Hall–Kier alpha value is -3.32. The largest absolute Gasteiger partial charge is 0.497 e. The number of nitrogens with zero attached hydrogens (tertiary/aromatic N) is 3. The van der Waals surface area contributed by atoms with E-state index in [0.29, 0.717) is 27.2 Å². The van der Waals surface area contributed by atoms with Gasteiger partial charge in [0.1, 0.15) is 18.0 Å². The van der Waals surface area contributed by atoms with Crippen LogP contribution in [0.1, 0.15) is 15.4 Å². The average molecular weight is 391 g/mol. The molecule has 0 unspecified atom stereocenters. The first-order valence-corrected chi connectivity index (χ1v) is 9.49. The number of hydrogen-bond acceptors (Lipinski definition) is 6. The van der Waals surface area contributed by atoms with Crippen molar-refractivity contribution in [2.24, 2.45) is 0 Å². The molecule has 28 heavy (non-hydrogen) atoms. The van der Waals surface area contributed by atoms with Crippen molar-refractivity contribution < 1.29 is 9.53 Å². The minimum Gasteiger partial charge on any atom is -0.497 e. The zero-order chi connectivity index (χ0) is 19.7. The summed E-state index contributed by atoms with van der Waals surface area (Å²) >= 11 is 1.41. The summed E-state index contributed by atoms with van der Waals surface area (Å²) in [4.78, 5) is 29.9. The highest BCUT2D eigenvalue weighted by molar-refractivity contribution is 7.19. The van der Waals surface area contributed by atoms with Crippen molar-refractivity contribution in [3.63, 3.8) is 0 Å². The number of ketones is 1. The van der Waals surface area contributed by atoms with Crippen LogP contribution in [0.4, 0.5) is 0 Å². The lowest BCUT2D eigenvalue weighted by atomic mass is 10.1. The number of aryl methyl sites for hydroxylation is 1. The normalized spacial score (nSPS) is 10.9. The maximum Gasteiger partial charge on any atom is 0.294 e. The van der Waals surface area contributed by atoms with Gasteiger partial charge in [0.25, 0.3) is 5.56 Å². The Labute approximate surface area is 165 Å². The lowest BCUT2D eigenvalue weighted by Gasteiger charge is -2.09. The number of fused-ring (bicyclic) bond motifs is 1. The zero-order valence-corrected chi connectivity index (χ0v) is 16.2. The summed E-state index contributed by atoms with van der Waals surface area (Å²) in [7, 11) is 1.60. The molecule has 0 aliphatic rings. The molecule has 0 aliphatic carbocycles. The van der Waals surface area contributed by atoms with Gasteiger partial charge in [0.2, 0.25) is 0 Å². The summed E-state index contributed by atoms with van der Waals surface area (Å²) in [6.07, 6.45) is 0. The number of rotatable bonds is 5. The smallest absolute Gasteiger partial charge is 0.294 e. The summed E-state index contributed by atoms with van der Waals surface area (Å²) in [5, 5.41) is 5.29. The van der Waals surface area contributed by atoms with Crippen LogP contribution in [0, 0.1) is 6.92 Å². The number of aromatic nitrogens is 3. The molecule has 4 rings (SSSR count). The van der Waals surface area contributed by atoms with Gasteiger partial charge in [-0.2, -0.15) is 5.10 Å². The molecule has 4 aromatic rings. The first-order valence-electron chi connectivity index (χ1n) is 8.68. The maximum absolute atomic E-state index is 12.9. The second kappa shape index (κ2) is 7.36. The van der Waals surface area contributed by atoms with E-state index in [9.17, 15) is 9.59 Å². The molecule has 0 radical (unpaired) electrons. The molecule has 2 heterocycles. The van der Waals surface area contributed by atoms with Crippen molar-refractivity contribution in [2.45, 2.75) is 13.5 Å². The van der Waals surface area contributed by atoms with Crippen LogP contribution in [-0.4, -0.2) is 27.7 Å². The minimum absolute atomic E-state index is 0.146. The first kappa shape index (κ1) is 18.1. The molecular weight excluding hydrogens is 374 g/mol. The summed E-state index contributed by atoms with van der Waals surface area (Å²) in [6.45, 7) is 1.70. The quantitative estimate of drug-likeness (QED) is 0.485. The Bertz CT molecular complexity index is 1230. The predicted molar refractivity (Wildman–Crippen MR) is 109 cm³/mol. The summed E-state index contributed by atoms with van der Waals surface area (Å²) in [6, 6.07) is 16.3. The van der Waals surface area contributed by atoms with Gasteiger partial charge < -0.3 is 4.74 Å². The molecule has 0 spiro atoms. The number of thiazole rings is 1. The fourth-order valence-electron chi connectivity index (χ4n) is 2.98. The Balaban J connectivity index is 1.87. The van der Waals surface area contributed by atoms with E-state index in [1.807, 2.05) is 37.3 Å². The van der Waals surface area contributed by atoms with Crippen LogP contribution < -0.4 is 10.3 Å². The highest BCUT2D eigenvalue weighted by Crippen LogP contribution is 2.31. The van der Waals surface area contributed by atoms with Crippen LogP contribution in [0.15, 0.2) is 59.4 Å². The van der Waals surface area contributed by atoms with Crippen molar-refractivity contribution in [2.75, 3.05) is 7.11 Å². The Morgan fingerprint density at radius 2 is 1.93 bits per heavy atom. The summed E-state index contributed by atoms with van der Waals surface area (Å²) in [5.41, 5.74) is 1.91. The molecule has 0 amide bonds. The van der Waals surface area contributed by atoms with E-state index in [1.165, 1.54) is 16.0 Å². The first-order chi connectivity index (χ1) is 13.6. The van der Waals surface area contributed by atoms with Crippen LogP contribution in [0.25, 0.3) is 21.5 Å². The van der Waals surface area contributed by atoms with Gasteiger partial charge in [-0.3, -0.25) is 9.59 Å². The molecule has 0 fully saturated rings. The highest BCUT2D eigenvalue weighted by atomic mass is 32.1. The Morgan fingerprint density at radius 1 is 1.14 bits per heavy atom. The van der Waals surface area contributed by atoms with Gasteiger partial charge in [-0.05, 0) is 19.1 Å². The maximum atomic E-state index is 12.9. The number of benzene rings is 2. The number of methoxy groups -OCH3 is 1. The van der Waals surface area contributed by atoms with E-state index in [2.05, 4.69) is 10.1 Å². The Kier molecular flexibility index (Phi) is 4.75. The monoisotopic (exact) mass is 391 g/mol. The molecule has 0 atom stereocenters. The van der Waals surface area contributed by atoms with E-state index in [4.69, 9.17) is 4.74 Å². The number of carbonyl (C=O) groups is 1. The van der Waals surface area contributed by atoms with Gasteiger partial charge in [-0.25, -0.2) is 9.67 Å². The van der Waals surface area contributed by atoms with Gasteiger partial charge in [-0.15, -0.1) is 11.3 Å². The lowest BCUT2D eigenvalue weighted by molar-refractivity contribution is 0.0966. The fourth-order valence-corrected chi connectivity index (χ4v) is 3.90. The third kappa shape index (κ3) is 3.32. The molecular formula is C21H17N3O3S. The van der Waals surface area contributed by atoms with E-state index in [-0.39, 0.29) is 17.9 Å². The molecule has 0 bridgehead atoms. The molecule has 0 N–H and O–H groups in total. The molecule has 6 nitrogen and oxygen atoms in total. The molecule has 0 saturated heterocycles. The van der Waals surface area contributed by atoms with Gasteiger partial charge >= 0.3 is 0 Å². The van der Waals surface area contributed by atoms with E-state index in [0.717, 1.165) is 10.6 Å². The van der Waals surface area contributed by atoms with Crippen LogP contribution in [0.3, 0.4) is 0 Å². The summed E-state index contributed by atoms with van der Waals surface area (Å²) < 4.78 is 7.21. The third-order valence-electron chi connectivity index (χ3n) is 4.34. The standard InChI is InChI=1S/C21H17N3O3S/c1-13-22-19-20(28-13)18(15-9-6-10-16(11-15)27-2)23-24(21(19)26)12-17(25)14-7-4-3-5-8-14/h3-11H,12H2,1-2H3. The topological polar surface area (TPSA) is 74.1 Å². The van der Waals surface area contributed by atoms with Crippen molar-refractivity contribution in [3.05, 3.63) is 75.5 Å². The number of ether oxygens (including phenoxy) is 1. The third-order valence-corrected chi connectivity index (χ3v) is 5.32. The number of carbonyl (C=O) groups excluding carboxylic acids is 1. The van der Waals surface area contributed by atoms with Crippen LogP contribution >= 0.6 is 11.3 Å². The van der Waals surface area contributed by atoms with Crippen molar-refractivity contribution in [3.8, 4) is 17.0 Å². The molecule has 140 valence electrons. The molecule has 7 heteroatoms. The minimum atomic E-state index is -0.365. The number of hydrogen-bond donors (Lipinski definition) is 0. The van der Waals surface area contributed by atoms with Crippen LogP contribution in [0.2, 0.25) is 0 Å².